The van der Waals surface area contributed by atoms with Gasteiger partial charge in [-0.25, -0.2) is 0 Å². The summed E-state index contributed by atoms with van der Waals surface area (Å²) in [5, 5.41) is 0. The van der Waals surface area contributed by atoms with Gasteiger partial charge in [-0.3, -0.25) is 4.90 Å². The Morgan fingerprint density at radius 2 is 1.58 bits per heavy atom. The minimum Gasteiger partial charge on any atom is -0.497 e. The first-order valence-electron chi connectivity index (χ1n) is 12.9. The van der Waals surface area contributed by atoms with Gasteiger partial charge in [-0.05, 0) is 89.9 Å². The van der Waals surface area contributed by atoms with Gasteiger partial charge in [-0.15, -0.1) is 0 Å². The zero-order valence-electron chi connectivity index (χ0n) is 22.3. The van der Waals surface area contributed by atoms with Crippen LogP contribution < -0.4 is 14.2 Å². The summed E-state index contributed by atoms with van der Waals surface area (Å²) in [5.41, 5.74) is 6.46. The monoisotopic (exact) mass is 485 g/mol. The molecule has 3 aromatic carbocycles. The summed E-state index contributed by atoms with van der Waals surface area (Å²) in [4.78, 5) is 2.66. The van der Waals surface area contributed by atoms with Crippen LogP contribution in [0.3, 0.4) is 0 Å². The Morgan fingerprint density at radius 1 is 0.889 bits per heavy atom. The molecule has 1 heterocycles. The van der Waals surface area contributed by atoms with Crippen LogP contribution in [0.15, 0.2) is 66.7 Å². The Hall–Kier alpha value is -3.24. The molecule has 1 atom stereocenters. The van der Waals surface area contributed by atoms with Crippen molar-refractivity contribution in [1.29, 1.82) is 0 Å². The summed E-state index contributed by atoms with van der Waals surface area (Å²) in [6, 6.07) is 23.8. The number of fused-ring (bicyclic) bond motifs is 1. The molecule has 0 spiro atoms. The highest BCUT2D eigenvalue weighted by molar-refractivity contribution is 5.86. The van der Waals surface area contributed by atoms with Crippen LogP contribution in [0.2, 0.25) is 0 Å². The molecule has 190 valence electrons. The molecule has 0 amide bonds. The van der Waals surface area contributed by atoms with Gasteiger partial charge in [0, 0.05) is 12.6 Å². The number of nitrogens with zero attached hydrogens (tertiary/aromatic N) is 1. The number of hydrogen-bond donors (Lipinski definition) is 0. The quantitative estimate of drug-likeness (QED) is 0.340. The van der Waals surface area contributed by atoms with Crippen molar-refractivity contribution in [1.82, 2.24) is 4.90 Å². The lowest BCUT2D eigenvalue weighted by Gasteiger charge is -2.38. The summed E-state index contributed by atoms with van der Waals surface area (Å²) in [6.07, 6.45) is 5.54. The molecule has 0 N–H and O–H groups in total. The smallest absolute Gasteiger partial charge is 0.161 e. The number of aryl methyl sites for hydroxylation is 1. The molecule has 1 aliphatic heterocycles. The van der Waals surface area contributed by atoms with E-state index in [-0.39, 0.29) is 6.04 Å². The molecule has 0 aromatic heterocycles. The van der Waals surface area contributed by atoms with Crippen molar-refractivity contribution in [3.8, 4) is 17.2 Å². The second-order valence-corrected chi connectivity index (χ2v) is 9.94. The first-order chi connectivity index (χ1) is 17.5. The zero-order chi connectivity index (χ0) is 25.5. The SMILES string of the molecule is COc1ccc(CN2CCCc3cc(OC)c(OC)cc3/C(=C/c3ccccc3)C2CC(C)C)cc1. The lowest BCUT2D eigenvalue weighted by atomic mass is 9.84. The van der Waals surface area contributed by atoms with Gasteiger partial charge in [0.1, 0.15) is 5.75 Å². The highest BCUT2D eigenvalue weighted by atomic mass is 16.5. The lowest BCUT2D eigenvalue weighted by molar-refractivity contribution is 0.200. The van der Waals surface area contributed by atoms with Crippen LogP contribution in [-0.4, -0.2) is 38.8 Å². The first kappa shape index (κ1) is 25.8. The summed E-state index contributed by atoms with van der Waals surface area (Å²) >= 11 is 0. The third-order valence-electron chi connectivity index (χ3n) is 6.97. The molecular formula is C32H39NO3. The van der Waals surface area contributed by atoms with Gasteiger partial charge in [0.25, 0.3) is 0 Å². The average Bonchev–Trinajstić information content (AvgIpc) is 2.90. The van der Waals surface area contributed by atoms with Gasteiger partial charge >= 0.3 is 0 Å². The van der Waals surface area contributed by atoms with Crippen LogP contribution in [0.25, 0.3) is 11.6 Å². The fourth-order valence-corrected chi connectivity index (χ4v) is 5.18. The third kappa shape index (κ3) is 6.11. The van der Waals surface area contributed by atoms with E-state index in [9.17, 15) is 0 Å². The Morgan fingerprint density at radius 3 is 2.22 bits per heavy atom. The van der Waals surface area contributed by atoms with E-state index in [1.165, 1.54) is 27.8 Å². The van der Waals surface area contributed by atoms with Crippen LogP contribution in [0.1, 0.15) is 48.9 Å². The highest BCUT2D eigenvalue weighted by Crippen LogP contribution is 2.40. The Balaban J connectivity index is 1.85. The van der Waals surface area contributed by atoms with Gasteiger partial charge in [0.15, 0.2) is 11.5 Å². The predicted molar refractivity (Wildman–Crippen MR) is 149 cm³/mol. The summed E-state index contributed by atoms with van der Waals surface area (Å²) in [5.74, 6) is 3.02. The fraction of sp³-hybridized carbons (Fsp3) is 0.375. The third-order valence-corrected chi connectivity index (χ3v) is 6.97. The van der Waals surface area contributed by atoms with E-state index in [2.05, 4.69) is 91.6 Å². The van der Waals surface area contributed by atoms with E-state index in [0.29, 0.717) is 5.92 Å². The maximum absolute atomic E-state index is 5.76. The molecule has 0 radical (unpaired) electrons. The molecular weight excluding hydrogens is 446 g/mol. The van der Waals surface area contributed by atoms with E-state index >= 15 is 0 Å². The fourth-order valence-electron chi connectivity index (χ4n) is 5.18. The molecule has 4 heteroatoms. The van der Waals surface area contributed by atoms with Crippen molar-refractivity contribution < 1.29 is 14.2 Å². The molecule has 4 nitrogen and oxygen atoms in total. The van der Waals surface area contributed by atoms with Crippen LogP contribution >= 0.6 is 0 Å². The van der Waals surface area contributed by atoms with Gasteiger partial charge < -0.3 is 14.2 Å². The second kappa shape index (κ2) is 12.1. The van der Waals surface area contributed by atoms with Crippen molar-refractivity contribution in [3.63, 3.8) is 0 Å². The predicted octanol–water partition coefficient (Wildman–Crippen LogP) is 7.12. The van der Waals surface area contributed by atoms with E-state index in [1.54, 1.807) is 21.3 Å². The van der Waals surface area contributed by atoms with E-state index in [1.807, 2.05) is 0 Å². The van der Waals surface area contributed by atoms with Crippen molar-refractivity contribution in [3.05, 3.63) is 89.0 Å². The van der Waals surface area contributed by atoms with Gasteiger partial charge in [-0.2, -0.15) is 0 Å². The van der Waals surface area contributed by atoms with Crippen molar-refractivity contribution in [2.45, 2.75) is 45.7 Å². The van der Waals surface area contributed by atoms with Crippen LogP contribution in [-0.2, 0) is 13.0 Å². The largest absolute Gasteiger partial charge is 0.497 e. The number of hydrogen-bond acceptors (Lipinski definition) is 4. The van der Waals surface area contributed by atoms with E-state index in [0.717, 1.165) is 49.6 Å². The minimum absolute atomic E-state index is 0.268. The molecule has 0 bridgehead atoms. The molecule has 3 aromatic rings. The molecule has 1 unspecified atom stereocenters. The van der Waals surface area contributed by atoms with E-state index in [4.69, 9.17) is 14.2 Å². The lowest BCUT2D eigenvalue weighted by Crippen LogP contribution is -2.39. The summed E-state index contributed by atoms with van der Waals surface area (Å²) in [7, 11) is 5.15. The van der Waals surface area contributed by atoms with Gasteiger partial charge in [-0.1, -0.05) is 56.3 Å². The van der Waals surface area contributed by atoms with Gasteiger partial charge in [0.2, 0.25) is 0 Å². The van der Waals surface area contributed by atoms with Gasteiger partial charge in [0.05, 0.1) is 21.3 Å². The van der Waals surface area contributed by atoms with Crippen LogP contribution in [0.5, 0.6) is 17.2 Å². The molecule has 36 heavy (non-hydrogen) atoms. The highest BCUT2D eigenvalue weighted by Gasteiger charge is 2.29. The normalized spacial score (nSPS) is 17.4. The molecule has 1 aliphatic rings. The maximum atomic E-state index is 5.76. The van der Waals surface area contributed by atoms with Crippen LogP contribution in [0.4, 0.5) is 0 Å². The topological polar surface area (TPSA) is 30.9 Å². The van der Waals surface area contributed by atoms with Crippen molar-refractivity contribution >= 4 is 11.6 Å². The number of benzene rings is 3. The standard InChI is InChI=1S/C32H39NO3/c1-23(2)18-30-29(19-24-10-7-6-8-11-24)28-21-32(36-5)31(35-4)20-26(28)12-9-17-33(30)22-25-13-15-27(34-3)16-14-25/h6-8,10-11,13-16,19-21,23,30H,9,12,17-18,22H2,1-5H3/b29-19-. The molecule has 0 fully saturated rings. The molecule has 4 rings (SSSR count). The maximum Gasteiger partial charge on any atom is 0.161 e. The number of ether oxygens (including phenoxy) is 3. The second-order valence-electron chi connectivity index (χ2n) is 9.94. The molecule has 0 aliphatic carbocycles. The van der Waals surface area contributed by atoms with Crippen LogP contribution in [0, 0.1) is 5.92 Å². The molecule has 0 saturated heterocycles. The average molecular weight is 486 g/mol. The molecule has 0 saturated carbocycles. The number of rotatable bonds is 8. The Kier molecular flexibility index (Phi) is 8.71. The Labute approximate surface area is 216 Å². The summed E-state index contributed by atoms with van der Waals surface area (Å²) in [6.45, 7) is 6.57. The van der Waals surface area contributed by atoms with E-state index < -0.39 is 0 Å². The minimum atomic E-state index is 0.268. The Bertz CT molecular complexity index is 1150. The number of methoxy groups -OCH3 is 3. The van der Waals surface area contributed by atoms with Crippen molar-refractivity contribution in [2.24, 2.45) is 5.92 Å². The first-order valence-corrected chi connectivity index (χ1v) is 12.9. The van der Waals surface area contributed by atoms with Crippen molar-refractivity contribution in [2.75, 3.05) is 27.9 Å². The summed E-state index contributed by atoms with van der Waals surface area (Å²) < 4.78 is 16.8. The zero-order valence-corrected chi connectivity index (χ0v) is 22.3.